The van der Waals surface area contributed by atoms with Crippen molar-refractivity contribution >= 4 is 28.9 Å². The van der Waals surface area contributed by atoms with Gasteiger partial charge in [0.25, 0.3) is 0 Å². The Morgan fingerprint density at radius 3 is 2.61 bits per heavy atom. The van der Waals surface area contributed by atoms with E-state index in [1.54, 1.807) is 13.2 Å². The van der Waals surface area contributed by atoms with Crippen molar-refractivity contribution in [2.24, 2.45) is 0 Å². The lowest BCUT2D eigenvalue weighted by molar-refractivity contribution is -0.116. The highest BCUT2D eigenvalue weighted by Crippen LogP contribution is 2.50. The summed E-state index contributed by atoms with van der Waals surface area (Å²) < 4.78 is 24.4. The molecular weight excluding hydrogens is 421 g/mol. The molecule has 0 fully saturated rings. The summed E-state index contributed by atoms with van der Waals surface area (Å²) in [4.78, 5) is 25.4. The number of nitrogens with one attached hydrogen (secondary N) is 1. The summed E-state index contributed by atoms with van der Waals surface area (Å²) in [5, 5.41) is 12.7. The molecule has 3 aromatic rings. The number of methoxy groups -OCH3 is 1. The smallest absolute Gasteiger partial charge is 0.346 e. The summed E-state index contributed by atoms with van der Waals surface area (Å²) in [5.41, 5.74) is 2.21. The average molecular weight is 441 g/mol. The van der Waals surface area contributed by atoms with E-state index in [9.17, 15) is 19.1 Å². The first kappa shape index (κ1) is 20.9. The molecule has 1 amide bonds. The van der Waals surface area contributed by atoms with Gasteiger partial charge in [0.15, 0.2) is 11.5 Å². The Balaban J connectivity index is 1.88. The van der Waals surface area contributed by atoms with Gasteiger partial charge in [0.2, 0.25) is 5.91 Å². The lowest BCUT2D eigenvalue weighted by atomic mass is 9.88. The fourth-order valence-corrected chi connectivity index (χ4v) is 5.02. The molecule has 1 atom stereocenters. The van der Waals surface area contributed by atoms with Crippen LogP contribution in [0.3, 0.4) is 0 Å². The van der Waals surface area contributed by atoms with Gasteiger partial charge in [-0.15, -0.1) is 11.3 Å². The molecule has 0 saturated carbocycles. The van der Waals surface area contributed by atoms with Crippen LogP contribution in [0.4, 0.5) is 10.1 Å². The van der Waals surface area contributed by atoms with Crippen molar-refractivity contribution in [3.05, 3.63) is 63.6 Å². The molecule has 1 aliphatic rings. The summed E-state index contributed by atoms with van der Waals surface area (Å²) in [6.45, 7) is 2.32. The zero-order chi connectivity index (χ0) is 22.1. The van der Waals surface area contributed by atoms with Crippen LogP contribution in [0.15, 0.2) is 42.5 Å². The Morgan fingerprint density at radius 2 is 1.97 bits per heavy atom. The lowest BCUT2D eigenvalue weighted by Gasteiger charge is -2.24. The number of hydrogen-bond donors (Lipinski definition) is 2. The normalized spacial score (nSPS) is 15.2. The van der Waals surface area contributed by atoms with Crippen molar-refractivity contribution in [3.8, 4) is 22.6 Å². The quantitative estimate of drug-likeness (QED) is 0.554. The fraction of sp³-hybridized carbons (Fsp3) is 0.217. The monoisotopic (exact) mass is 441 g/mol. The first-order valence-electron chi connectivity index (χ1n) is 9.69. The zero-order valence-electron chi connectivity index (χ0n) is 16.9. The van der Waals surface area contributed by atoms with Crippen molar-refractivity contribution < 1.29 is 28.6 Å². The molecule has 1 unspecified atom stereocenters. The summed E-state index contributed by atoms with van der Waals surface area (Å²) in [5.74, 6) is -0.945. The van der Waals surface area contributed by atoms with E-state index < -0.39 is 11.8 Å². The third-order valence-corrected chi connectivity index (χ3v) is 6.41. The van der Waals surface area contributed by atoms with Crippen LogP contribution < -0.4 is 14.8 Å². The van der Waals surface area contributed by atoms with Gasteiger partial charge in [-0.3, -0.25) is 4.79 Å². The number of benzene rings is 2. The van der Waals surface area contributed by atoms with Crippen molar-refractivity contribution in [1.82, 2.24) is 0 Å². The number of carboxylic acid groups (broad SMARTS) is 1. The number of aromatic carboxylic acids is 1. The standard InChI is InChI=1S/C23H20FNO5S/c1-3-30-17-10-13(6-9-16(17)29-2)15-11-18(26)25-20-19(12-4-7-14(24)8-5-12)22(23(27)28)31-21(15)20/h4-10,15H,3,11H2,1-2H3,(H,25,26)(H,27,28). The van der Waals surface area contributed by atoms with Crippen LogP contribution in [0, 0.1) is 5.82 Å². The maximum Gasteiger partial charge on any atom is 0.346 e. The number of thiophene rings is 1. The maximum atomic E-state index is 13.4. The van der Waals surface area contributed by atoms with Crippen molar-refractivity contribution in [2.75, 3.05) is 19.0 Å². The van der Waals surface area contributed by atoms with Gasteiger partial charge in [-0.2, -0.15) is 0 Å². The molecule has 0 radical (unpaired) electrons. The van der Waals surface area contributed by atoms with E-state index in [-0.39, 0.29) is 23.1 Å². The van der Waals surface area contributed by atoms with Gasteiger partial charge in [-0.25, -0.2) is 9.18 Å². The highest BCUT2D eigenvalue weighted by atomic mass is 32.1. The second-order valence-corrected chi connectivity index (χ2v) is 8.06. The van der Waals surface area contributed by atoms with E-state index in [2.05, 4.69) is 5.32 Å². The van der Waals surface area contributed by atoms with Crippen molar-refractivity contribution in [1.29, 1.82) is 0 Å². The minimum Gasteiger partial charge on any atom is -0.493 e. The number of halogens is 1. The second kappa shape index (κ2) is 8.39. The first-order chi connectivity index (χ1) is 14.9. The SMILES string of the molecule is CCOc1cc(C2CC(=O)Nc3c2sc(C(=O)O)c3-c2ccc(F)cc2)ccc1OC. The van der Waals surface area contributed by atoms with Crippen molar-refractivity contribution in [2.45, 2.75) is 19.3 Å². The predicted octanol–water partition coefficient (Wildman–Crippen LogP) is 5.13. The molecule has 0 saturated heterocycles. The maximum absolute atomic E-state index is 13.4. The molecule has 4 rings (SSSR count). The Kier molecular flexibility index (Phi) is 5.65. The second-order valence-electron chi connectivity index (χ2n) is 7.01. The molecule has 0 bridgehead atoms. The van der Waals surface area contributed by atoms with Crippen LogP contribution in [0.1, 0.15) is 39.4 Å². The Hall–Kier alpha value is -3.39. The van der Waals surface area contributed by atoms with E-state index in [0.29, 0.717) is 34.9 Å². The van der Waals surface area contributed by atoms with Crippen molar-refractivity contribution in [3.63, 3.8) is 0 Å². The van der Waals surface area contributed by atoms with Gasteiger partial charge in [0, 0.05) is 22.8 Å². The van der Waals surface area contributed by atoms with Crippen LogP contribution >= 0.6 is 11.3 Å². The van der Waals surface area contributed by atoms with E-state index in [1.807, 2.05) is 19.1 Å². The molecule has 1 aromatic heterocycles. The Labute approximate surface area is 182 Å². The number of carbonyl (C=O) groups is 2. The predicted molar refractivity (Wildman–Crippen MR) is 116 cm³/mol. The number of amides is 1. The van der Waals surface area contributed by atoms with Gasteiger partial charge in [0.1, 0.15) is 10.7 Å². The molecule has 160 valence electrons. The minimum atomic E-state index is -1.10. The van der Waals surface area contributed by atoms with Crippen LogP contribution in [0.25, 0.3) is 11.1 Å². The number of ether oxygens (including phenoxy) is 2. The third-order valence-electron chi connectivity index (χ3n) is 5.12. The molecule has 31 heavy (non-hydrogen) atoms. The molecule has 0 aliphatic carbocycles. The molecule has 2 heterocycles. The number of hydrogen-bond acceptors (Lipinski definition) is 5. The van der Waals surface area contributed by atoms with Gasteiger partial charge in [-0.05, 0) is 42.3 Å². The lowest BCUT2D eigenvalue weighted by Crippen LogP contribution is -2.22. The highest BCUT2D eigenvalue weighted by Gasteiger charge is 2.34. The van der Waals surface area contributed by atoms with Crippen LogP contribution in [0.2, 0.25) is 0 Å². The van der Waals surface area contributed by atoms with Gasteiger partial charge < -0.3 is 19.9 Å². The molecule has 0 spiro atoms. The molecule has 2 N–H and O–H groups in total. The van der Waals surface area contributed by atoms with Crippen LogP contribution in [0.5, 0.6) is 11.5 Å². The zero-order valence-corrected chi connectivity index (χ0v) is 17.7. The van der Waals surface area contributed by atoms with E-state index in [1.165, 1.54) is 24.3 Å². The van der Waals surface area contributed by atoms with E-state index >= 15 is 0 Å². The first-order valence-corrected chi connectivity index (χ1v) is 10.5. The van der Waals surface area contributed by atoms with Crippen LogP contribution in [-0.4, -0.2) is 30.7 Å². The number of carbonyl (C=O) groups excluding carboxylic acids is 1. The van der Waals surface area contributed by atoms with Gasteiger partial charge >= 0.3 is 5.97 Å². The number of anilines is 1. The summed E-state index contributed by atoms with van der Waals surface area (Å²) >= 11 is 1.12. The minimum absolute atomic E-state index is 0.0994. The number of rotatable bonds is 6. The molecular formula is C23H20FNO5S. The molecule has 8 heteroatoms. The largest absolute Gasteiger partial charge is 0.493 e. The van der Waals surface area contributed by atoms with E-state index in [0.717, 1.165) is 21.8 Å². The molecule has 6 nitrogen and oxygen atoms in total. The third kappa shape index (κ3) is 3.86. The van der Waals surface area contributed by atoms with Gasteiger partial charge in [0.05, 0.1) is 19.4 Å². The highest BCUT2D eigenvalue weighted by molar-refractivity contribution is 7.15. The molecule has 1 aliphatic heterocycles. The number of fused-ring (bicyclic) bond motifs is 1. The topological polar surface area (TPSA) is 84.9 Å². The fourth-order valence-electron chi connectivity index (χ4n) is 3.78. The summed E-state index contributed by atoms with van der Waals surface area (Å²) in [6.07, 6.45) is 0.174. The summed E-state index contributed by atoms with van der Waals surface area (Å²) in [7, 11) is 1.55. The number of carboxylic acids is 1. The Morgan fingerprint density at radius 1 is 1.23 bits per heavy atom. The Bertz CT molecular complexity index is 1160. The van der Waals surface area contributed by atoms with Crippen LogP contribution in [-0.2, 0) is 4.79 Å². The molecule has 2 aromatic carbocycles. The van der Waals surface area contributed by atoms with Gasteiger partial charge in [-0.1, -0.05) is 18.2 Å². The summed E-state index contributed by atoms with van der Waals surface area (Å²) in [6, 6.07) is 11.0. The average Bonchev–Trinajstić information content (AvgIpc) is 3.13. The van der Waals surface area contributed by atoms with E-state index in [4.69, 9.17) is 9.47 Å².